The van der Waals surface area contributed by atoms with Crippen molar-refractivity contribution in [1.29, 1.82) is 0 Å². The minimum atomic E-state index is -0.211. The molecule has 3 rings (SSSR count). The summed E-state index contributed by atoms with van der Waals surface area (Å²) in [4.78, 5) is 26.2. The third-order valence-electron chi connectivity index (χ3n) is 4.26. The molecule has 0 fully saturated rings. The van der Waals surface area contributed by atoms with Crippen LogP contribution >= 0.6 is 0 Å². The molecule has 0 aliphatic heterocycles. The molecule has 0 saturated heterocycles. The van der Waals surface area contributed by atoms with Crippen molar-refractivity contribution in [2.75, 3.05) is 30.8 Å². The number of rotatable bonds is 8. The lowest BCUT2D eigenvalue weighted by Crippen LogP contribution is -2.36. The number of nitrogens with zero attached hydrogens (tertiary/aromatic N) is 1. The van der Waals surface area contributed by atoms with Crippen molar-refractivity contribution in [3.05, 3.63) is 84.4 Å². The Kier molecular flexibility index (Phi) is 7.19. The molecule has 0 spiro atoms. The summed E-state index contributed by atoms with van der Waals surface area (Å²) in [7, 11) is 1.73. The van der Waals surface area contributed by atoms with Crippen LogP contribution in [0.4, 0.5) is 11.4 Å². The molecule has 0 aromatic heterocycles. The predicted octanol–water partition coefficient (Wildman–Crippen LogP) is 4.30. The second-order valence-electron chi connectivity index (χ2n) is 7.08. The summed E-state index contributed by atoms with van der Waals surface area (Å²) in [5.74, 6) is 0.968. The predicted molar refractivity (Wildman–Crippen MR) is 119 cm³/mol. The van der Waals surface area contributed by atoms with E-state index in [9.17, 15) is 9.59 Å². The van der Waals surface area contributed by atoms with E-state index in [0.717, 1.165) is 17.0 Å². The number of para-hydroxylation sites is 1. The Morgan fingerprint density at radius 2 is 1.37 bits per heavy atom. The van der Waals surface area contributed by atoms with Crippen LogP contribution in [0.5, 0.6) is 11.5 Å². The Balaban J connectivity index is 1.48. The number of anilines is 2. The first kappa shape index (κ1) is 21.1. The fourth-order valence-corrected chi connectivity index (χ4v) is 2.85. The van der Waals surface area contributed by atoms with Gasteiger partial charge < -0.3 is 15.4 Å². The smallest absolute Gasteiger partial charge is 0.238 e. The third kappa shape index (κ3) is 6.76. The zero-order valence-electron chi connectivity index (χ0n) is 17.1. The van der Waals surface area contributed by atoms with Crippen molar-refractivity contribution in [2.45, 2.75) is 6.92 Å². The summed E-state index contributed by atoms with van der Waals surface area (Å²) in [6.07, 6.45) is 0. The zero-order chi connectivity index (χ0) is 21.3. The summed E-state index contributed by atoms with van der Waals surface area (Å²) in [6.45, 7) is 2.19. The molecule has 0 bridgehead atoms. The molecular weight excluding hydrogens is 378 g/mol. The number of carbonyl (C=O) groups excluding carboxylic acids is 2. The Labute approximate surface area is 176 Å². The monoisotopic (exact) mass is 403 g/mol. The summed E-state index contributed by atoms with van der Waals surface area (Å²) >= 11 is 0. The SMILES string of the molecule is Cc1ccc(NC(=O)CN(C)CC(=O)Nc2cccc(Oc3ccccc3)c2)cc1. The van der Waals surface area contributed by atoms with Gasteiger partial charge >= 0.3 is 0 Å². The fraction of sp³-hybridized carbons (Fsp3) is 0.167. The van der Waals surface area contributed by atoms with E-state index in [0.29, 0.717) is 11.4 Å². The Bertz CT molecular complexity index is 988. The average Bonchev–Trinajstić information content (AvgIpc) is 2.70. The minimum Gasteiger partial charge on any atom is -0.457 e. The van der Waals surface area contributed by atoms with Gasteiger partial charge in [-0.3, -0.25) is 14.5 Å². The molecule has 0 aliphatic carbocycles. The molecule has 3 aromatic carbocycles. The van der Waals surface area contributed by atoms with Crippen molar-refractivity contribution in [1.82, 2.24) is 4.90 Å². The number of nitrogens with one attached hydrogen (secondary N) is 2. The number of carbonyl (C=O) groups is 2. The van der Waals surface area contributed by atoms with Gasteiger partial charge in [-0.25, -0.2) is 0 Å². The Morgan fingerprint density at radius 3 is 2.03 bits per heavy atom. The fourth-order valence-electron chi connectivity index (χ4n) is 2.85. The normalized spacial score (nSPS) is 10.5. The number of benzene rings is 3. The standard InChI is InChI=1S/C24H25N3O3/c1-18-11-13-19(14-12-18)25-23(28)16-27(2)17-24(29)26-20-7-6-10-22(15-20)30-21-8-4-3-5-9-21/h3-15H,16-17H2,1-2H3,(H,25,28)(H,26,29). The van der Waals surface area contributed by atoms with Crippen LogP contribution in [-0.2, 0) is 9.59 Å². The van der Waals surface area contributed by atoms with E-state index >= 15 is 0 Å². The van der Waals surface area contributed by atoms with Gasteiger partial charge in [0, 0.05) is 17.4 Å². The highest BCUT2D eigenvalue weighted by Gasteiger charge is 2.11. The van der Waals surface area contributed by atoms with Gasteiger partial charge in [0.05, 0.1) is 13.1 Å². The lowest BCUT2D eigenvalue weighted by molar-refractivity contribution is -0.119. The Morgan fingerprint density at radius 1 is 0.767 bits per heavy atom. The van der Waals surface area contributed by atoms with Gasteiger partial charge in [0.25, 0.3) is 0 Å². The number of likely N-dealkylation sites (N-methyl/N-ethyl adjacent to an activating group) is 1. The van der Waals surface area contributed by atoms with E-state index in [1.807, 2.05) is 73.7 Å². The first-order valence-corrected chi connectivity index (χ1v) is 9.66. The molecule has 0 heterocycles. The lowest BCUT2D eigenvalue weighted by Gasteiger charge is -2.16. The van der Waals surface area contributed by atoms with Crippen molar-refractivity contribution in [3.8, 4) is 11.5 Å². The van der Waals surface area contributed by atoms with Crippen LogP contribution in [0.1, 0.15) is 5.56 Å². The van der Waals surface area contributed by atoms with Crippen LogP contribution in [0.3, 0.4) is 0 Å². The summed E-state index contributed by atoms with van der Waals surface area (Å²) in [5.41, 5.74) is 2.49. The van der Waals surface area contributed by atoms with Gasteiger partial charge in [-0.05, 0) is 50.4 Å². The topological polar surface area (TPSA) is 70.7 Å². The highest BCUT2D eigenvalue weighted by Crippen LogP contribution is 2.23. The quantitative estimate of drug-likeness (QED) is 0.588. The summed E-state index contributed by atoms with van der Waals surface area (Å²) in [5, 5.41) is 5.66. The number of amides is 2. The number of ether oxygens (including phenoxy) is 1. The van der Waals surface area contributed by atoms with E-state index in [2.05, 4.69) is 10.6 Å². The van der Waals surface area contributed by atoms with E-state index < -0.39 is 0 Å². The van der Waals surface area contributed by atoms with Crippen LogP contribution in [0.2, 0.25) is 0 Å². The van der Waals surface area contributed by atoms with Crippen LogP contribution in [0.15, 0.2) is 78.9 Å². The van der Waals surface area contributed by atoms with Gasteiger partial charge in [0.1, 0.15) is 11.5 Å². The van der Waals surface area contributed by atoms with Crippen molar-refractivity contribution in [2.24, 2.45) is 0 Å². The first-order chi connectivity index (χ1) is 14.5. The van der Waals surface area contributed by atoms with E-state index in [1.54, 1.807) is 24.1 Å². The van der Waals surface area contributed by atoms with Gasteiger partial charge in [0.2, 0.25) is 11.8 Å². The highest BCUT2D eigenvalue weighted by molar-refractivity contribution is 5.94. The van der Waals surface area contributed by atoms with E-state index in [-0.39, 0.29) is 24.9 Å². The third-order valence-corrected chi connectivity index (χ3v) is 4.26. The highest BCUT2D eigenvalue weighted by atomic mass is 16.5. The van der Waals surface area contributed by atoms with Crippen molar-refractivity contribution < 1.29 is 14.3 Å². The molecule has 6 nitrogen and oxygen atoms in total. The molecular formula is C24H25N3O3. The van der Waals surface area contributed by atoms with Crippen molar-refractivity contribution in [3.63, 3.8) is 0 Å². The van der Waals surface area contributed by atoms with Gasteiger partial charge in [-0.15, -0.1) is 0 Å². The van der Waals surface area contributed by atoms with Crippen LogP contribution in [-0.4, -0.2) is 36.9 Å². The first-order valence-electron chi connectivity index (χ1n) is 9.66. The summed E-state index contributed by atoms with van der Waals surface area (Å²) < 4.78 is 5.78. The molecule has 0 saturated carbocycles. The van der Waals surface area contributed by atoms with Crippen molar-refractivity contribution >= 4 is 23.2 Å². The van der Waals surface area contributed by atoms with Gasteiger partial charge in [-0.2, -0.15) is 0 Å². The maximum Gasteiger partial charge on any atom is 0.238 e. The summed E-state index contributed by atoms with van der Waals surface area (Å²) in [6, 6.07) is 24.2. The molecule has 30 heavy (non-hydrogen) atoms. The van der Waals surface area contributed by atoms with Crippen LogP contribution in [0, 0.1) is 6.92 Å². The maximum absolute atomic E-state index is 12.3. The van der Waals surface area contributed by atoms with Gasteiger partial charge in [0.15, 0.2) is 0 Å². The van der Waals surface area contributed by atoms with E-state index in [1.165, 1.54) is 0 Å². The van der Waals surface area contributed by atoms with Gasteiger partial charge in [-0.1, -0.05) is 42.0 Å². The molecule has 0 radical (unpaired) electrons. The zero-order valence-corrected chi connectivity index (χ0v) is 17.1. The molecule has 0 atom stereocenters. The minimum absolute atomic E-state index is 0.0884. The number of aryl methyl sites for hydroxylation is 1. The molecule has 6 heteroatoms. The molecule has 0 unspecified atom stereocenters. The lowest BCUT2D eigenvalue weighted by atomic mass is 10.2. The number of hydrogen-bond acceptors (Lipinski definition) is 4. The molecule has 0 aliphatic rings. The van der Waals surface area contributed by atoms with E-state index in [4.69, 9.17) is 4.74 Å². The molecule has 154 valence electrons. The molecule has 2 amide bonds. The molecule has 2 N–H and O–H groups in total. The largest absolute Gasteiger partial charge is 0.457 e. The maximum atomic E-state index is 12.3. The second-order valence-corrected chi connectivity index (χ2v) is 7.08. The van der Waals surface area contributed by atoms with Crippen LogP contribution < -0.4 is 15.4 Å². The van der Waals surface area contributed by atoms with Crippen LogP contribution in [0.25, 0.3) is 0 Å². The molecule has 3 aromatic rings. The number of hydrogen-bond donors (Lipinski definition) is 2. The Hall–Kier alpha value is -3.64. The second kappa shape index (κ2) is 10.2. The average molecular weight is 403 g/mol.